The Kier molecular flexibility index (Phi) is 6.21. The van der Waals surface area contributed by atoms with Crippen molar-refractivity contribution in [1.82, 2.24) is 4.31 Å². The van der Waals surface area contributed by atoms with Crippen molar-refractivity contribution in [3.05, 3.63) is 59.9 Å². The van der Waals surface area contributed by atoms with E-state index in [0.29, 0.717) is 5.56 Å². The molecule has 0 saturated heterocycles. The van der Waals surface area contributed by atoms with E-state index in [1.165, 1.54) is 40.7 Å². The smallest absolute Gasteiger partial charge is 0.224 e. The second-order valence-corrected chi connectivity index (χ2v) is 11.1. The van der Waals surface area contributed by atoms with Gasteiger partial charge in [0.05, 0.1) is 9.79 Å². The highest BCUT2D eigenvalue weighted by atomic mass is 32.2. The number of halogens is 1. The lowest BCUT2D eigenvalue weighted by Crippen LogP contribution is -2.40. The van der Waals surface area contributed by atoms with Crippen LogP contribution in [0, 0.1) is 5.82 Å². The molecule has 1 fully saturated rings. The van der Waals surface area contributed by atoms with Gasteiger partial charge in [0.2, 0.25) is 10.0 Å². The molecule has 152 valence electrons. The van der Waals surface area contributed by atoms with Crippen LogP contribution in [0.2, 0.25) is 0 Å². The molecule has 0 bridgehead atoms. The third-order valence-corrected chi connectivity index (χ3v) is 8.13. The van der Waals surface area contributed by atoms with Gasteiger partial charge in [-0.1, -0.05) is 31.4 Å². The number of hydrogen-bond acceptors (Lipinski definition) is 4. The van der Waals surface area contributed by atoms with E-state index in [1.54, 1.807) is 12.1 Å². The second kappa shape index (κ2) is 8.31. The van der Waals surface area contributed by atoms with Crippen LogP contribution in [0.1, 0.15) is 37.7 Å². The van der Waals surface area contributed by atoms with E-state index in [-0.39, 0.29) is 28.2 Å². The summed E-state index contributed by atoms with van der Waals surface area (Å²) < 4.78 is 64.8. The van der Waals surface area contributed by atoms with Crippen molar-refractivity contribution in [3.8, 4) is 0 Å². The van der Waals surface area contributed by atoms with Gasteiger partial charge in [-0.3, -0.25) is 0 Å². The zero-order valence-corrected chi connectivity index (χ0v) is 17.3. The number of rotatable bonds is 6. The topological polar surface area (TPSA) is 71.5 Å². The fraction of sp³-hybridized carbons (Fsp3) is 0.400. The highest BCUT2D eigenvalue weighted by molar-refractivity contribution is 7.90. The van der Waals surface area contributed by atoms with Crippen molar-refractivity contribution in [2.45, 2.75) is 54.5 Å². The third-order valence-electron chi connectivity index (χ3n) is 5.09. The molecule has 0 N–H and O–H groups in total. The Bertz CT molecular complexity index is 1010. The van der Waals surface area contributed by atoms with Crippen LogP contribution in [-0.2, 0) is 26.4 Å². The highest BCUT2D eigenvalue weighted by Gasteiger charge is 2.32. The Morgan fingerprint density at radius 3 is 1.93 bits per heavy atom. The van der Waals surface area contributed by atoms with Gasteiger partial charge in [0.15, 0.2) is 9.84 Å². The van der Waals surface area contributed by atoms with E-state index in [9.17, 15) is 21.2 Å². The van der Waals surface area contributed by atoms with Gasteiger partial charge in [-0.25, -0.2) is 21.2 Å². The van der Waals surface area contributed by atoms with Gasteiger partial charge in [0.1, 0.15) is 5.82 Å². The SMILES string of the molecule is CS(=O)(=O)c1ccc(S(=O)(=O)N(Cc2ccc(F)cc2)C2CCCCC2)cc1. The van der Waals surface area contributed by atoms with Crippen LogP contribution < -0.4 is 0 Å². The van der Waals surface area contributed by atoms with E-state index < -0.39 is 19.9 Å². The Balaban J connectivity index is 1.96. The molecule has 0 amide bonds. The molecule has 1 aliphatic rings. The van der Waals surface area contributed by atoms with Crippen LogP contribution in [0.5, 0.6) is 0 Å². The highest BCUT2D eigenvalue weighted by Crippen LogP contribution is 2.30. The molecule has 2 aromatic rings. The summed E-state index contributed by atoms with van der Waals surface area (Å²) in [5.41, 5.74) is 0.711. The van der Waals surface area contributed by atoms with Crippen molar-refractivity contribution >= 4 is 19.9 Å². The van der Waals surface area contributed by atoms with Crippen LogP contribution >= 0.6 is 0 Å². The summed E-state index contributed by atoms with van der Waals surface area (Å²) in [6, 6.07) is 11.0. The van der Waals surface area contributed by atoms with E-state index in [1.807, 2.05) is 0 Å². The lowest BCUT2D eigenvalue weighted by molar-refractivity contribution is 0.247. The van der Waals surface area contributed by atoms with Gasteiger partial charge >= 0.3 is 0 Å². The molecule has 5 nitrogen and oxygen atoms in total. The number of nitrogens with zero attached hydrogens (tertiary/aromatic N) is 1. The minimum Gasteiger partial charge on any atom is -0.224 e. The van der Waals surface area contributed by atoms with Crippen LogP contribution in [0.15, 0.2) is 58.3 Å². The fourth-order valence-corrected chi connectivity index (χ4v) is 5.85. The number of benzene rings is 2. The monoisotopic (exact) mass is 425 g/mol. The Morgan fingerprint density at radius 1 is 0.857 bits per heavy atom. The van der Waals surface area contributed by atoms with Crippen LogP contribution in [0.4, 0.5) is 4.39 Å². The third kappa shape index (κ3) is 4.79. The van der Waals surface area contributed by atoms with Crippen LogP contribution in [-0.4, -0.2) is 33.4 Å². The van der Waals surface area contributed by atoms with E-state index in [2.05, 4.69) is 0 Å². The minimum absolute atomic E-state index is 0.0626. The first-order valence-corrected chi connectivity index (χ1v) is 12.6. The second-order valence-electron chi connectivity index (χ2n) is 7.21. The molecule has 28 heavy (non-hydrogen) atoms. The Hall–Kier alpha value is -1.77. The zero-order chi connectivity index (χ0) is 20.4. The summed E-state index contributed by atoms with van der Waals surface area (Å²) >= 11 is 0. The average molecular weight is 426 g/mol. The van der Waals surface area contributed by atoms with Gasteiger partial charge in [-0.05, 0) is 54.8 Å². The molecule has 1 saturated carbocycles. The standard InChI is InChI=1S/C20H24FNO4S2/c1-27(23,24)19-11-13-20(14-12-19)28(25,26)22(18-5-3-2-4-6-18)15-16-7-9-17(21)10-8-16/h7-14,18H,2-6,15H2,1H3. The first-order valence-electron chi connectivity index (χ1n) is 9.24. The van der Waals surface area contributed by atoms with Gasteiger partial charge in [-0.2, -0.15) is 4.31 Å². The predicted octanol–water partition coefficient (Wildman–Crippen LogP) is 3.75. The Labute approximate surface area is 166 Å². The van der Waals surface area contributed by atoms with Gasteiger partial charge in [-0.15, -0.1) is 0 Å². The number of sulfonamides is 1. The van der Waals surface area contributed by atoms with Crippen molar-refractivity contribution in [1.29, 1.82) is 0 Å². The molecule has 2 aromatic carbocycles. The molecule has 0 atom stereocenters. The molecule has 0 spiro atoms. The fourth-order valence-electron chi connectivity index (χ4n) is 3.54. The summed E-state index contributed by atoms with van der Waals surface area (Å²) in [5.74, 6) is -0.368. The number of hydrogen-bond donors (Lipinski definition) is 0. The van der Waals surface area contributed by atoms with Crippen LogP contribution in [0.3, 0.4) is 0 Å². The van der Waals surface area contributed by atoms with Crippen molar-refractivity contribution in [2.75, 3.05) is 6.26 Å². The first-order chi connectivity index (χ1) is 13.2. The van der Waals surface area contributed by atoms with Gasteiger partial charge < -0.3 is 0 Å². The maximum Gasteiger partial charge on any atom is 0.243 e. The van der Waals surface area contributed by atoms with Gasteiger partial charge in [0.25, 0.3) is 0 Å². The molecule has 0 radical (unpaired) electrons. The van der Waals surface area contributed by atoms with E-state index in [0.717, 1.165) is 38.4 Å². The maximum atomic E-state index is 13.4. The van der Waals surface area contributed by atoms with Crippen molar-refractivity contribution in [3.63, 3.8) is 0 Å². The molecule has 0 heterocycles. The molecule has 1 aliphatic carbocycles. The molecule has 0 unspecified atom stereocenters. The minimum atomic E-state index is -3.83. The average Bonchev–Trinajstić information content (AvgIpc) is 2.67. The molecule has 8 heteroatoms. The number of sulfone groups is 1. The maximum absolute atomic E-state index is 13.4. The van der Waals surface area contributed by atoms with Crippen molar-refractivity contribution < 1.29 is 21.2 Å². The molecule has 0 aliphatic heterocycles. The summed E-state index contributed by atoms with van der Waals surface area (Å²) in [7, 11) is -7.23. The Morgan fingerprint density at radius 2 is 1.39 bits per heavy atom. The summed E-state index contributed by atoms with van der Waals surface area (Å²) in [4.78, 5) is 0.141. The quantitative estimate of drug-likeness (QED) is 0.707. The summed E-state index contributed by atoms with van der Waals surface area (Å²) in [5, 5.41) is 0. The lowest BCUT2D eigenvalue weighted by atomic mass is 9.95. The zero-order valence-electron chi connectivity index (χ0n) is 15.7. The summed E-state index contributed by atoms with van der Waals surface area (Å²) in [6.45, 7) is 0.154. The predicted molar refractivity (Wildman–Crippen MR) is 106 cm³/mol. The van der Waals surface area contributed by atoms with E-state index >= 15 is 0 Å². The first kappa shape index (κ1) is 21.0. The molecular weight excluding hydrogens is 401 g/mol. The lowest BCUT2D eigenvalue weighted by Gasteiger charge is -2.33. The van der Waals surface area contributed by atoms with Crippen molar-refractivity contribution in [2.24, 2.45) is 0 Å². The summed E-state index contributed by atoms with van der Waals surface area (Å²) in [6.07, 6.45) is 5.66. The van der Waals surface area contributed by atoms with Gasteiger partial charge in [0, 0.05) is 18.8 Å². The molecule has 3 rings (SSSR count). The van der Waals surface area contributed by atoms with Crippen LogP contribution in [0.25, 0.3) is 0 Å². The normalized spacial score (nSPS) is 16.4. The molecule has 0 aromatic heterocycles. The largest absolute Gasteiger partial charge is 0.243 e. The van der Waals surface area contributed by atoms with E-state index in [4.69, 9.17) is 0 Å². The molecular formula is C20H24FNO4S2.